The molecule has 0 saturated heterocycles. The highest BCUT2D eigenvalue weighted by Gasteiger charge is 2.15. The lowest BCUT2D eigenvalue weighted by Crippen LogP contribution is -2.26. The number of aromatic nitrogens is 1. The standard InChI is InChI=1S/C14H15FN2O2/c1-9-10(2)19-17-13(9)14(18)16-8-7-11-5-3-4-6-12(11)15/h3-6H,7-8H2,1-2H3,(H,16,18). The fraction of sp³-hybridized carbons (Fsp3) is 0.286. The van der Waals surface area contributed by atoms with Crippen molar-refractivity contribution in [2.45, 2.75) is 20.3 Å². The van der Waals surface area contributed by atoms with E-state index < -0.39 is 0 Å². The number of halogens is 1. The van der Waals surface area contributed by atoms with E-state index >= 15 is 0 Å². The lowest BCUT2D eigenvalue weighted by atomic mass is 10.1. The molecule has 2 aromatic rings. The molecule has 1 heterocycles. The van der Waals surface area contributed by atoms with Crippen LogP contribution in [0.15, 0.2) is 28.8 Å². The molecule has 0 bridgehead atoms. The second kappa shape index (κ2) is 5.65. The molecule has 0 aliphatic heterocycles. The number of hydrogen-bond donors (Lipinski definition) is 1. The molecule has 0 fully saturated rings. The summed E-state index contributed by atoms with van der Waals surface area (Å²) in [6, 6.07) is 6.51. The van der Waals surface area contributed by atoms with E-state index in [0.29, 0.717) is 24.3 Å². The van der Waals surface area contributed by atoms with Gasteiger partial charge in [0.25, 0.3) is 5.91 Å². The van der Waals surface area contributed by atoms with E-state index in [1.54, 1.807) is 32.0 Å². The number of carbonyl (C=O) groups is 1. The van der Waals surface area contributed by atoms with Crippen LogP contribution in [0, 0.1) is 19.7 Å². The predicted molar refractivity (Wildman–Crippen MR) is 68.4 cm³/mol. The van der Waals surface area contributed by atoms with Crippen LogP contribution >= 0.6 is 0 Å². The summed E-state index contributed by atoms with van der Waals surface area (Å²) >= 11 is 0. The third kappa shape index (κ3) is 2.99. The Morgan fingerprint density at radius 3 is 2.74 bits per heavy atom. The maximum absolute atomic E-state index is 13.4. The first-order valence-electron chi connectivity index (χ1n) is 6.04. The Labute approximate surface area is 110 Å². The lowest BCUT2D eigenvalue weighted by molar-refractivity contribution is 0.0944. The molecule has 0 spiro atoms. The number of amides is 1. The summed E-state index contributed by atoms with van der Waals surface area (Å²) in [7, 11) is 0. The van der Waals surface area contributed by atoms with E-state index in [1.165, 1.54) is 6.07 Å². The number of nitrogens with zero attached hydrogens (tertiary/aromatic N) is 1. The SMILES string of the molecule is Cc1onc(C(=O)NCCc2ccccc2F)c1C. The van der Waals surface area contributed by atoms with Gasteiger partial charge in [-0.2, -0.15) is 0 Å². The largest absolute Gasteiger partial charge is 0.361 e. The Morgan fingerprint density at radius 2 is 2.11 bits per heavy atom. The van der Waals surface area contributed by atoms with Crippen molar-refractivity contribution in [2.75, 3.05) is 6.54 Å². The average molecular weight is 262 g/mol. The van der Waals surface area contributed by atoms with Gasteiger partial charge in [-0.25, -0.2) is 4.39 Å². The van der Waals surface area contributed by atoms with Gasteiger partial charge in [0.05, 0.1) is 0 Å². The van der Waals surface area contributed by atoms with Crippen LogP contribution in [0.3, 0.4) is 0 Å². The molecule has 4 nitrogen and oxygen atoms in total. The molecule has 1 aromatic carbocycles. The topological polar surface area (TPSA) is 55.1 Å². The number of benzene rings is 1. The molecular weight excluding hydrogens is 247 g/mol. The van der Waals surface area contributed by atoms with Crippen LogP contribution in [0.25, 0.3) is 0 Å². The summed E-state index contributed by atoms with van der Waals surface area (Å²) in [5, 5.41) is 6.40. The molecule has 0 aliphatic rings. The van der Waals surface area contributed by atoms with E-state index in [9.17, 15) is 9.18 Å². The van der Waals surface area contributed by atoms with Gasteiger partial charge in [-0.3, -0.25) is 4.79 Å². The molecule has 0 aliphatic carbocycles. The summed E-state index contributed by atoms with van der Waals surface area (Å²) in [5.41, 5.74) is 1.59. The van der Waals surface area contributed by atoms with Crippen LogP contribution in [-0.4, -0.2) is 17.6 Å². The molecule has 0 atom stereocenters. The number of nitrogens with one attached hydrogen (secondary N) is 1. The van der Waals surface area contributed by atoms with Gasteiger partial charge in [0, 0.05) is 12.1 Å². The molecule has 19 heavy (non-hydrogen) atoms. The summed E-state index contributed by atoms with van der Waals surface area (Å²) in [5.74, 6) is 0.0650. The molecule has 1 aromatic heterocycles. The number of carbonyl (C=O) groups excluding carboxylic acids is 1. The zero-order chi connectivity index (χ0) is 13.8. The second-order valence-electron chi connectivity index (χ2n) is 4.31. The van der Waals surface area contributed by atoms with Gasteiger partial charge in [0.15, 0.2) is 5.69 Å². The molecule has 2 rings (SSSR count). The van der Waals surface area contributed by atoms with Crippen LogP contribution in [0.1, 0.15) is 27.4 Å². The molecule has 100 valence electrons. The summed E-state index contributed by atoms with van der Waals surface area (Å²) < 4.78 is 18.3. The Morgan fingerprint density at radius 1 is 1.37 bits per heavy atom. The first-order valence-corrected chi connectivity index (χ1v) is 6.04. The minimum Gasteiger partial charge on any atom is -0.361 e. The van der Waals surface area contributed by atoms with E-state index in [-0.39, 0.29) is 17.4 Å². The average Bonchev–Trinajstić information content (AvgIpc) is 2.72. The van der Waals surface area contributed by atoms with Gasteiger partial charge in [0.1, 0.15) is 11.6 Å². The quantitative estimate of drug-likeness (QED) is 0.920. The Hall–Kier alpha value is -2.17. The Kier molecular flexibility index (Phi) is 3.94. The number of aryl methyl sites for hydroxylation is 1. The lowest BCUT2D eigenvalue weighted by Gasteiger charge is -2.04. The molecule has 0 radical (unpaired) electrons. The first-order chi connectivity index (χ1) is 9.09. The van der Waals surface area contributed by atoms with Crippen molar-refractivity contribution in [3.05, 3.63) is 52.7 Å². The third-order valence-electron chi connectivity index (χ3n) is 3.01. The first kappa shape index (κ1) is 13.3. The smallest absolute Gasteiger partial charge is 0.273 e. The highest BCUT2D eigenvalue weighted by atomic mass is 19.1. The van der Waals surface area contributed by atoms with Crippen molar-refractivity contribution in [1.82, 2.24) is 10.5 Å². The molecule has 5 heteroatoms. The predicted octanol–water partition coefficient (Wildman–Crippen LogP) is 2.40. The number of hydrogen-bond acceptors (Lipinski definition) is 3. The molecule has 0 unspecified atom stereocenters. The number of rotatable bonds is 4. The van der Waals surface area contributed by atoms with Crippen molar-refractivity contribution in [2.24, 2.45) is 0 Å². The third-order valence-corrected chi connectivity index (χ3v) is 3.01. The highest BCUT2D eigenvalue weighted by Crippen LogP contribution is 2.11. The minimum atomic E-state index is -0.300. The van der Waals surface area contributed by atoms with Gasteiger partial charge in [0.2, 0.25) is 0 Å². The van der Waals surface area contributed by atoms with Gasteiger partial charge in [-0.15, -0.1) is 0 Å². The van der Waals surface area contributed by atoms with Crippen LogP contribution in [0.5, 0.6) is 0 Å². The normalized spacial score (nSPS) is 10.5. The second-order valence-corrected chi connectivity index (χ2v) is 4.31. The molecular formula is C14H15FN2O2. The zero-order valence-electron chi connectivity index (χ0n) is 10.9. The maximum Gasteiger partial charge on any atom is 0.273 e. The molecule has 1 amide bonds. The minimum absolute atomic E-state index is 0.259. The fourth-order valence-corrected chi connectivity index (χ4v) is 1.73. The summed E-state index contributed by atoms with van der Waals surface area (Å²) in [6.07, 6.45) is 0.439. The van der Waals surface area contributed by atoms with E-state index in [2.05, 4.69) is 10.5 Å². The van der Waals surface area contributed by atoms with Gasteiger partial charge in [-0.1, -0.05) is 23.4 Å². The Balaban J connectivity index is 1.91. The molecule has 1 N–H and O–H groups in total. The van der Waals surface area contributed by atoms with Crippen molar-refractivity contribution >= 4 is 5.91 Å². The van der Waals surface area contributed by atoms with Gasteiger partial charge in [-0.05, 0) is 31.9 Å². The van der Waals surface area contributed by atoms with Crippen molar-refractivity contribution in [3.8, 4) is 0 Å². The van der Waals surface area contributed by atoms with Crippen LogP contribution in [-0.2, 0) is 6.42 Å². The van der Waals surface area contributed by atoms with Crippen molar-refractivity contribution in [3.63, 3.8) is 0 Å². The van der Waals surface area contributed by atoms with Crippen molar-refractivity contribution < 1.29 is 13.7 Å². The van der Waals surface area contributed by atoms with Gasteiger partial charge < -0.3 is 9.84 Å². The zero-order valence-corrected chi connectivity index (χ0v) is 10.9. The van der Waals surface area contributed by atoms with E-state index in [4.69, 9.17) is 4.52 Å². The fourth-order valence-electron chi connectivity index (χ4n) is 1.73. The van der Waals surface area contributed by atoms with Crippen LogP contribution in [0.4, 0.5) is 4.39 Å². The summed E-state index contributed by atoms with van der Waals surface area (Å²) in [4.78, 5) is 11.8. The van der Waals surface area contributed by atoms with Crippen LogP contribution in [0.2, 0.25) is 0 Å². The van der Waals surface area contributed by atoms with Crippen LogP contribution < -0.4 is 5.32 Å². The van der Waals surface area contributed by atoms with Gasteiger partial charge >= 0.3 is 0 Å². The summed E-state index contributed by atoms with van der Waals surface area (Å²) in [6.45, 7) is 3.88. The maximum atomic E-state index is 13.4. The Bertz CT molecular complexity index is 593. The highest BCUT2D eigenvalue weighted by molar-refractivity contribution is 5.93. The monoisotopic (exact) mass is 262 g/mol. The van der Waals surface area contributed by atoms with E-state index in [1.807, 2.05) is 0 Å². The van der Waals surface area contributed by atoms with E-state index in [0.717, 1.165) is 5.56 Å². The molecule has 0 saturated carbocycles. The van der Waals surface area contributed by atoms with Crippen molar-refractivity contribution in [1.29, 1.82) is 0 Å².